The van der Waals surface area contributed by atoms with Crippen LogP contribution in [0.5, 0.6) is 0 Å². The number of ether oxygens (including phenoxy) is 1. The summed E-state index contributed by atoms with van der Waals surface area (Å²) in [4.78, 5) is 2.76. The Kier molecular flexibility index (Phi) is 3.89. The molecule has 0 amide bonds. The molecule has 3 aliphatic carbocycles. The Morgan fingerprint density at radius 3 is 2.58 bits per heavy atom. The Bertz CT molecular complexity index is 318. The van der Waals surface area contributed by atoms with Gasteiger partial charge in [-0.3, -0.25) is 4.90 Å². The van der Waals surface area contributed by atoms with Crippen LogP contribution in [0, 0.1) is 17.8 Å². The van der Waals surface area contributed by atoms with Gasteiger partial charge in [-0.25, -0.2) is 0 Å². The van der Waals surface area contributed by atoms with Gasteiger partial charge in [-0.1, -0.05) is 6.42 Å². The third kappa shape index (κ3) is 2.34. The summed E-state index contributed by atoms with van der Waals surface area (Å²) in [6.45, 7) is 5.18. The number of fused-ring (bicyclic) bond motifs is 2. The molecule has 0 spiro atoms. The summed E-state index contributed by atoms with van der Waals surface area (Å²) in [5.74, 6) is 2.71. The molecule has 19 heavy (non-hydrogen) atoms. The van der Waals surface area contributed by atoms with E-state index in [1.54, 1.807) is 0 Å². The van der Waals surface area contributed by atoms with Gasteiger partial charge in [0.15, 0.2) is 0 Å². The highest BCUT2D eigenvalue weighted by Crippen LogP contribution is 2.54. The van der Waals surface area contributed by atoms with Crippen LogP contribution < -0.4 is 5.73 Å². The van der Waals surface area contributed by atoms with Crippen molar-refractivity contribution < 1.29 is 4.74 Å². The standard InChI is InChI=1S/C16H30N2O/c1-12(14-4-5-14)18(7-8-19-2)16(11-17)10-13-3-6-15(16)9-13/h12-15H,3-11,17H2,1-2H3. The van der Waals surface area contributed by atoms with Crippen molar-refractivity contribution in [3.63, 3.8) is 0 Å². The van der Waals surface area contributed by atoms with Gasteiger partial charge in [0.05, 0.1) is 6.61 Å². The molecule has 3 aliphatic rings. The number of hydrogen-bond donors (Lipinski definition) is 1. The van der Waals surface area contributed by atoms with Crippen LogP contribution in [0.25, 0.3) is 0 Å². The quantitative estimate of drug-likeness (QED) is 0.768. The van der Waals surface area contributed by atoms with Crippen LogP contribution in [0.2, 0.25) is 0 Å². The van der Waals surface area contributed by atoms with Gasteiger partial charge in [-0.05, 0) is 56.8 Å². The number of hydrogen-bond acceptors (Lipinski definition) is 3. The molecule has 2 bridgehead atoms. The van der Waals surface area contributed by atoms with Crippen molar-refractivity contribution in [3.05, 3.63) is 0 Å². The summed E-state index contributed by atoms with van der Waals surface area (Å²) in [6.07, 6.45) is 8.46. The van der Waals surface area contributed by atoms with Gasteiger partial charge >= 0.3 is 0 Å². The highest BCUT2D eigenvalue weighted by atomic mass is 16.5. The van der Waals surface area contributed by atoms with Crippen LogP contribution in [0.15, 0.2) is 0 Å². The topological polar surface area (TPSA) is 38.5 Å². The van der Waals surface area contributed by atoms with Crippen molar-refractivity contribution >= 4 is 0 Å². The lowest BCUT2D eigenvalue weighted by Gasteiger charge is -2.49. The van der Waals surface area contributed by atoms with E-state index in [0.717, 1.165) is 37.5 Å². The summed E-state index contributed by atoms with van der Waals surface area (Å²) in [6, 6.07) is 0.693. The van der Waals surface area contributed by atoms with Crippen molar-refractivity contribution in [1.29, 1.82) is 0 Å². The van der Waals surface area contributed by atoms with E-state index >= 15 is 0 Å². The fourth-order valence-corrected chi connectivity index (χ4v) is 4.99. The largest absolute Gasteiger partial charge is 0.383 e. The molecule has 0 heterocycles. The van der Waals surface area contributed by atoms with Crippen LogP contribution in [0.1, 0.15) is 45.4 Å². The Labute approximate surface area is 117 Å². The highest BCUT2D eigenvalue weighted by molar-refractivity contribution is 5.10. The SMILES string of the molecule is COCCN(C(C)C1CC1)C1(CN)CC2CCC1C2. The van der Waals surface area contributed by atoms with Crippen molar-refractivity contribution in [2.24, 2.45) is 23.5 Å². The lowest BCUT2D eigenvalue weighted by Crippen LogP contribution is -2.61. The third-order valence-corrected chi connectivity index (χ3v) is 6.20. The minimum Gasteiger partial charge on any atom is -0.383 e. The predicted octanol–water partition coefficient (Wildman–Crippen LogP) is 2.25. The summed E-state index contributed by atoms with van der Waals surface area (Å²) in [5.41, 5.74) is 6.60. The van der Waals surface area contributed by atoms with Crippen molar-refractivity contribution in [2.45, 2.75) is 57.0 Å². The maximum atomic E-state index is 6.30. The van der Waals surface area contributed by atoms with Crippen molar-refractivity contribution in [3.8, 4) is 0 Å². The van der Waals surface area contributed by atoms with Gasteiger partial charge in [0.1, 0.15) is 0 Å². The molecule has 2 N–H and O–H groups in total. The lowest BCUT2D eigenvalue weighted by atomic mass is 9.78. The van der Waals surface area contributed by atoms with Crippen molar-refractivity contribution in [2.75, 3.05) is 26.8 Å². The van der Waals surface area contributed by atoms with Crippen LogP contribution >= 0.6 is 0 Å². The first-order valence-electron chi connectivity index (χ1n) is 8.17. The summed E-state index contributed by atoms with van der Waals surface area (Å²) in [7, 11) is 1.82. The van der Waals surface area contributed by atoms with Gasteiger partial charge in [-0.15, -0.1) is 0 Å². The molecule has 0 aromatic rings. The second kappa shape index (κ2) is 5.34. The minimum atomic E-state index is 0.295. The molecule has 0 saturated heterocycles. The van der Waals surface area contributed by atoms with Crippen LogP contribution in [0.3, 0.4) is 0 Å². The lowest BCUT2D eigenvalue weighted by molar-refractivity contribution is -0.0129. The van der Waals surface area contributed by atoms with E-state index in [1.165, 1.54) is 38.5 Å². The Morgan fingerprint density at radius 2 is 2.11 bits per heavy atom. The van der Waals surface area contributed by atoms with Crippen LogP contribution in [-0.2, 0) is 4.74 Å². The molecule has 3 saturated carbocycles. The van der Waals surface area contributed by atoms with E-state index in [2.05, 4.69) is 11.8 Å². The van der Waals surface area contributed by atoms with Gasteiger partial charge < -0.3 is 10.5 Å². The zero-order valence-corrected chi connectivity index (χ0v) is 12.6. The molecule has 4 unspecified atom stereocenters. The van der Waals surface area contributed by atoms with E-state index in [9.17, 15) is 0 Å². The number of methoxy groups -OCH3 is 1. The summed E-state index contributed by atoms with van der Waals surface area (Å²) >= 11 is 0. The maximum Gasteiger partial charge on any atom is 0.0590 e. The van der Waals surface area contributed by atoms with E-state index in [-0.39, 0.29) is 0 Å². The zero-order chi connectivity index (χ0) is 13.5. The highest BCUT2D eigenvalue weighted by Gasteiger charge is 2.55. The van der Waals surface area contributed by atoms with Gasteiger partial charge in [-0.2, -0.15) is 0 Å². The normalized spacial score (nSPS) is 39.2. The molecule has 0 aromatic carbocycles. The molecule has 3 nitrogen and oxygen atoms in total. The number of rotatable bonds is 7. The predicted molar refractivity (Wildman–Crippen MR) is 78.0 cm³/mol. The Morgan fingerprint density at radius 1 is 1.32 bits per heavy atom. The molecule has 0 radical (unpaired) electrons. The molecule has 3 rings (SSSR count). The fraction of sp³-hybridized carbons (Fsp3) is 1.00. The first-order chi connectivity index (χ1) is 9.21. The molecule has 4 atom stereocenters. The minimum absolute atomic E-state index is 0.295. The Balaban J connectivity index is 1.79. The smallest absolute Gasteiger partial charge is 0.0590 e. The molecule has 3 fully saturated rings. The maximum absolute atomic E-state index is 6.30. The zero-order valence-electron chi connectivity index (χ0n) is 12.6. The van der Waals surface area contributed by atoms with Gasteiger partial charge in [0.2, 0.25) is 0 Å². The van der Waals surface area contributed by atoms with E-state index in [1.807, 2.05) is 7.11 Å². The van der Waals surface area contributed by atoms with E-state index in [4.69, 9.17) is 10.5 Å². The average Bonchev–Trinajstić information content (AvgIpc) is 3.09. The van der Waals surface area contributed by atoms with E-state index in [0.29, 0.717) is 11.6 Å². The first kappa shape index (κ1) is 13.8. The number of nitrogens with zero attached hydrogens (tertiary/aromatic N) is 1. The average molecular weight is 266 g/mol. The Hall–Kier alpha value is -0.120. The van der Waals surface area contributed by atoms with E-state index < -0.39 is 0 Å². The molecular formula is C16H30N2O. The fourth-order valence-electron chi connectivity index (χ4n) is 4.99. The van der Waals surface area contributed by atoms with Gasteiger partial charge in [0.25, 0.3) is 0 Å². The molecule has 3 heteroatoms. The molecular weight excluding hydrogens is 236 g/mol. The second-order valence-corrected chi connectivity index (χ2v) is 7.15. The summed E-state index contributed by atoms with van der Waals surface area (Å²) < 4.78 is 5.37. The molecule has 110 valence electrons. The monoisotopic (exact) mass is 266 g/mol. The molecule has 0 aliphatic heterocycles. The molecule has 0 aromatic heterocycles. The van der Waals surface area contributed by atoms with Crippen molar-refractivity contribution in [1.82, 2.24) is 4.90 Å². The van der Waals surface area contributed by atoms with Crippen LogP contribution in [-0.4, -0.2) is 43.3 Å². The summed E-state index contributed by atoms with van der Waals surface area (Å²) in [5, 5.41) is 0. The third-order valence-electron chi connectivity index (χ3n) is 6.20. The van der Waals surface area contributed by atoms with Crippen LogP contribution in [0.4, 0.5) is 0 Å². The van der Waals surface area contributed by atoms with Gasteiger partial charge in [0, 0.05) is 31.8 Å². The number of nitrogens with two attached hydrogens (primary N) is 1. The first-order valence-corrected chi connectivity index (χ1v) is 8.17. The second-order valence-electron chi connectivity index (χ2n) is 7.15.